The molecule has 5 aromatic heterocycles. The van der Waals surface area contributed by atoms with E-state index in [1.165, 1.54) is 191 Å². The number of aromatic nitrogens is 6. The van der Waals surface area contributed by atoms with Crippen molar-refractivity contribution in [2.45, 2.75) is 50.9 Å². The van der Waals surface area contributed by atoms with Crippen LogP contribution in [-0.2, 0) is 16.2 Å². The minimum Gasteiger partial charge on any atom is -0.453 e. The van der Waals surface area contributed by atoms with Crippen molar-refractivity contribution < 1.29 is 4.42 Å². The molecule has 24 aromatic rings. The first-order valence-corrected chi connectivity index (χ1v) is 46.1. The van der Waals surface area contributed by atoms with Gasteiger partial charge in [0.1, 0.15) is 23.3 Å². The standard InChI is InChI=1S/C39H26.C26H19N.C19H14.C17H12N2.C11H8N2O.C11H8N2S/c1-25-22-23-36-37(24-25)39(32-18-8-4-14-28(32)29-15-5-9-19-33(29)39)35-21-11-10-20-34(35)38(36)30-16-6-2-12-26(30)27-13-3-7-17-31(27)38;1-27-24-16-8-6-14-22(24)26(23-15-7-9-17-25(23)27)20-12-4-2-10-18(20)19-11-3-5-13-21(19)26;1-13-10-11-18-16-8-3-2-6-14(16)15-7-4-5-9-17(15)19(18)12-13;1-11-10-18-16-14-8-4-2-6-12(14)13-7-3-5-9-15(13)17(16)19-11;1-7-12-6-10-11(13-7)8-4-2-3-5-9(8)14-10;1-7-11-10(13-6-12-7)8-4-2-3-5-9(8)14-11/h2-24H,1H3;2-17H,1H3;2-12H,1H3;2-10H,1H3;2*2-6H,1H3. The summed E-state index contributed by atoms with van der Waals surface area (Å²) in [6, 6.07) is 146. The molecule has 9 heteroatoms. The molecule has 0 saturated carbocycles. The Bertz CT molecular complexity index is 8400. The summed E-state index contributed by atoms with van der Waals surface area (Å²) < 4.78 is 8.07. The summed E-state index contributed by atoms with van der Waals surface area (Å²) in [5.74, 6) is 0.768. The highest BCUT2D eigenvalue weighted by molar-refractivity contribution is 7.25. The maximum absolute atomic E-state index is 5.58. The molecule has 19 aromatic carbocycles. The molecule has 0 unspecified atom stereocenters. The van der Waals surface area contributed by atoms with Gasteiger partial charge in [0.05, 0.1) is 55.1 Å². The van der Waals surface area contributed by atoms with E-state index in [0.717, 1.165) is 55.8 Å². The normalized spacial score (nSPS) is 13.4. The van der Waals surface area contributed by atoms with E-state index in [-0.39, 0.29) is 16.2 Å². The van der Waals surface area contributed by atoms with Crippen LogP contribution in [0.5, 0.6) is 0 Å². The number of fused-ring (bicyclic) bond motifs is 43. The predicted molar refractivity (Wildman–Crippen MR) is 548 cm³/mol. The van der Waals surface area contributed by atoms with Crippen LogP contribution in [0.4, 0.5) is 11.4 Å². The fraction of sp³-hybridized carbons (Fsp3) is 0.0732. The summed E-state index contributed by atoms with van der Waals surface area (Å²) in [6.07, 6.45) is 5.19. The van der Waals surface area contributed by atoms with Crippen LogP contribution in [0.3, 0.4) is 0 Å². The Labute approximate surface area is 769 Å². The zero-order chi connectivity index (χ0) is 88.5. The van der Waals surface area contributed by atoms with Gasteiger partial charge in [-0.3, -0.25) is 4.98 Å². The first-order valence-electron chi connectivity index (χ1n) is 45.2. The van der Waals surface area contributed by atoms with Gasteiger partial charge in [0.25, 0.3) is 0 Å². The molecule has 29 rings (SSSR count). The third-order valence-corrected chi connectivity index (χ3v) is 29.2. The van der Waals surface area contributed by atoms with Gasteiger partial charge in [-0.15, -0.1) is 11.3 Å². The number of nitrogens with zero attached hydrogens (tertiary/aromatic N) is 7. The molecule has 0 atom stereocenters. The molecule has 0 saturated heterocycles. The quantitative estimate of drug-likeness (QED) is 0.139. The molecule has 4 aliphatic carbocycles. The van der Waals surface area contributed by atoms with Gasteiger partial charge in [0.15, 0.2) is 5.58 Å². The average molecular weight is 1710 g/mol. The Balaban J connectivity index is 0.0000000912. The summed E-state index contributed by atoms with van der Waals surface area (Å²) in [7, 11) is 2.18. The smallest absolute Gasteiger partial charge is 0.172 e. The monoisotopic (exact) mass is 1710 g/mol. The molecule has 6 heterocycles. The Hall–Kier alpha value is -16.2. The maximum Gasteiger partial charge on any atom is 0.172 e. The van der Waals surface area contributed by atoms with Gasteiger partial charge in [-0.1, -0.05) is 381 Å². The molecular formula is C123H87N7OS. The Morgan fingerprint density at radius 3 is 1.12 bits per heavy atom. The molecule has 0 fully saturated rings. The molecular weight excluding hydrogens is 1620 g/mol. The summed E-state index contributed by atoms with van der Waals surface area (Å²) in [5, 5.41) is 15.2. The van der Waals surface area contributed by atoms with E-state index in [0.29, 0.717) is 0 Å². The van der Waals surface area contributed by atoms with Crippen LogP contribution in [0, 0.1) is 34.6 Å². The van der Waals surface area contributed by atoms with Gasteiger partial charge in [0.2, 0.25) is 0 Å². The van der Waals surface area contributed by atoms with Crippen LogP contribution in [0.15, 0.2) is 424 Å². The van der Waals surface area contributed by atoms with E-state index >= 15 is 0 Å². The number of furan rings is 1. The first kappa shape index (κ1) is 79.2. The van der Waals surface area contributed by atoms with Gasteiger partial charge >= 0.3 is 0 Å². The van der Waals surface area contributed by atoms with Gasteiger partial charge in [0, 0.05) is 50.9 Å². The Morgan fingerprint density at radius 2 is 0.614 bits per heavy atom. The van der Waals surface area contributed by atoms with Crippen molar-refractivity contribution in [1.82, 2.24) is 29.9 Å². The maximum atomic E-state index is 5.58. The molecule has 0 bridgehead atoms. The number of para-hydroxylation sites is 3. The minimum atomic E-state index is -0.372. The lowest BCUT2D eigenvalue weighted by molar-refractivity contribution is 0.632. The summed E-state index contributed by atoms with van der Waals surface area (Å²) in [6.45, 7) is 10.3. The summed E-state index contributed by atoms with van der Waals surface area (Å²) in [5.41, 5.74) is 36.5. The summed E-state index contributed by atoms with van der Waals surface area (Å²) in [4.78, 5) is 28.6. The number of benzene rings is 19. The number of rotatable bonds is 0. The molecule has 1 aliphatic heterocycles. The van der Waals surface area contributed by atoms with Gasteiger partial charge in [-0.25, -0.2) is 24.9 Å². The fourth-order valence-corrected chi connectivity index (χ4v) is 23.7. The second kappa shape index (κ2) is 31.6. The number of anilines is 2. The zero-order valence-electron chi connectivity index (χ0n) is 73.8. The van der Waals surface area contributed by atoms with E-state index < -0.39 is 0 Å². The van der Waals surface area contributed by atoms with Crippen LogP contribution in [0.25, 0.3) is 141 Å². The van der Waals surface area contributed by atoms with Crippen LogP contribution in [0.2, 0.25) is 0 Å². The average Bonchev–Trinajstić information content (AvgIpc) is 1.08. The lowest BCUT2D eigenvalue weighted by Crippen LogP contribution is -2.43. The molecule has 5 aliphatic rings. The number of aryl methyl sites for hydroxylation is 5. The van der Waals surface area contributed by atoms with E-state index in [9.17, 15) is 0 Å². The van der Waals surface area contributed by atoms with Crippen LogP contribution >= 0.6 is 11.3 Å². The highest BCUT2D eigenvalue weighted by atomic mass is 32.1. The number of hydrogen-bond acceptors (Lipinski definition) is 9. The van der Waals surface area contributed by atoms with E-state index in [4.69, 9.17) is 9.40 Å². The molecule has 0 radical (unpaired) electrons. The van der Waals surface area contributed by atoms with E-state index in [1.54, 1.807) is 23.9 Å². The van der Waals surface area contributed by atoms with Crippen molar-refractivity contribution in [1.29, 1.82) is 0 Å². The molecule has 3 spiro atoms. The highest BCUT2D eigenvalue weighted by Gasteiger charge is 2.59. The third kappa shape index (κ3) is 12.0. The van der Waals surface area contributed by atoms with Gasteiger partial charge in [-0.2, -0.15) is 0 Å². The van der Waals surface area contributed by atoms with Crippen molar-refractivity contribution in [3.05, 3.63) is 514 Å². The first-order chi connectivity index (χ1) is 65.0. The minimum absolute atomic E-state index is 0.257. The van der Waals surface area contributed by atoms with Crippen molar-refractivity contribution in [2.24, 2.45) is 0 Å². The Kier molecular flexibility index (Phi) is 19.0. The largest absolute Gasteiger partial charge is 0.453 e. The van der Waals surface area contributed by atoms with Crippen molar-refractivity contribution in [2.75, 3.05) is 11.9 Å². The SMILES string of the molecule is CN1c2ccccc2C2(c3ccccc3-c3ccccc32)c2ccccc21.Cc1ccc2c(c1)C1(c3ccccc3-c3ccccc31)c1ccccc1C21c2ccccc2-c2ccccc21.Cc1ccc2c3ccccc3c3ccccc3c2c1.Cc1cnc2c3ccccc3c3ccccc3c2n1.Cc1ncc2oc3ccccc3c2n1.Cc1ncnc2c1sc1ccccc12. The summed E-state index contributed by atoms with van der Waals surface area (Å²) >= 11 is 1.76. The molecule has 626 valence electrons. The van der Waals surface area contributed by atoms with Gasteiger partial charge in [-0.05, 0) is 208 Å². The zero-order valence-corrected chi connectivity index (χ0v) is 74.6. The van der Waals surface area contributed by atoms with E-state index in [2.05, 4.69) is 421 Å². The fourth-order valence-electron chi connectivity index (χ4n) is 22.6. The number of thiophene rings is 1. The second-order valence-electron chi connectivity index (χ2n) is 35.1. The van der Waals surface area contributed by atoms with Crippen molar-refractivity contribution >= 4 is 130 Å². The Morgan fingerprint density at radius 1 is 0.250 bits per heavy atom. The van der Waals surface area contributed by atoms with Crippen LogP contribution < -0.4 is 4.90 Å². The van der Waals surface area contributed by atoms with Crippen LogP contribution in [-0.4, -0.2) is 37.0 Å². The van der Waals surface area contributed by atoms with Crippen molar-refractivity contribution in [3.8, 4) is 33.4 Å². The van der Waals surface area contributed by atoms with E-state index in [1.807, 2.05) is 57.3 Å². The lowest BCUT2D eigenvalue weighted by Gasteiger charge is -2.49. The molecule has 132 heavy (non-hydrogen) atoms. The predicted octanol–water partition coefficient (Wildman–Crippen LogP) is 30.7. The van der Waals surface area contributed by atoms with Gasteiger partial charge < -0.3 is 9.32 Å². The third-order valence-electron chi connectivity index (χ3n) is 27.9. The highest BCUT2D eigenvalue weighted by Crippen LogP contribution is 2.68. The molecule has 0 amide bonds. The van der Waals surface area contributed by atoms with Crippen LogP contribution in [0.1, 0.15) is 95.1 Å². The topological polar surface area (TPSA) is 93.7 Å². The molecule has 0 N–H and O–H groups in total. The lowest BCUT2D eigenvalue weighted by atomic mass is 9.52. The molecule has 8 nitrogen and oxygen atoms in total. The second-order valence-corrected chi connectivity index (χ2v) is 36.2. The van der Waals surface area contributed by atoms with Crippen molar-refractivity contribution in [3.63, 3.8) is 0 Å². The number of hydrogen-bond donors (Lipinski definition) is 0.